The summed E-state index contributed by atoms with van der Waals surface area (Å²) in [6, 6.07) is 12.1. The molecule has 0 radical (unpaired) electrons. The number of benzene rings is 2. The molecular weight excluding hydrogens is 288 g/mol. The Labute approximate surface area is 127 Å². The molecule has 1 amide bonds. The van der Waals surface area contributed by atoms with Crippen molar-refractivity contribution >= 4 is 5.91 Å². The minimum atomic E-state index is -1.17. The van der Waals surface area contributed by atoms with Gasteiger partial charge in [0.25, 0.3) is 5.91 Å². The van der Waals surface area contributed by atoms with Gasteiger partial charge in [0.1, 0.15) is 0 Å². The van der Waals surface area contributed by atoms with E-state index in [1.54, 1.807) is 19.1 Å². The summed E-state index contributed by atoms with van der Waals surface area (Å²) in [6.45, 7) is 1.70. The summed E-state index contributed by atoms with van der Waals surface area (Å²) in [5.74, 6) is -2.94. The summed E-state index contributed by atoms with van der Waals surface area (Å²) < 4.78 is 26.7. The van der Waals surface area contributed by atoms with Gasteiger partial charge >= 0.3 is 0 Å². The first-order valence-electron chi connectivity index (χ1n) is 6.97. The fourth-order valence-corrected chi connectivity index (χ4v) is 2.19. The van der Waals surface area contributed by atoms with Crippen LogP contribution in [-0.4, -0.2) is 17.1 Å². The van der Waals surface area contributed by atoms with Gasteiger partial charge in [-0.15, -0.1) is 0 Å². The average molecular weight is 305 g/mol. The van der Waals surface area contributed by atoms with Crippen molar-refractivity contribution in [1.82, 2.24) is 5.32 Å². The first-order valence-corrected chi connectivity index (χ1v) is 6.97. The van der Waals surface area contributed by atoms with Crippen molar-refractivity contribution in [2.75, 3.05) is 0 Å². The van der Waals surface area contributed by atoms with Gasteiger partial charge in [-0.25, -0.2) is 8.78 Å². The Morgan fingerprint density at radius 1 is 1.14 bits per heavy atom. The summed E-state index contributed by atoms with van der Waals surface area (Å²) in [5.41, 5.74) is 0.390. The zero-order valence-corrected chi connectivity index (χ0v) is 12.1. The zero-order valence-electron chi connectivity index (χ0n) is 12.1. The van der Waals surface area contributed by atoms with Gasteiger partial charge in [0, 0.05) is 6.04 Å². The van der Waals surface area contributed by atoms with Gasteiger partial charge in [-0.2, -0.15) is 0 Å². The first kappa shape index (κ1) is 16.1. The molecule has 0 heterocycles. The highest BCUT2D eigenvalue weighted by Gasteiger charge is 2.18. The Kier molecular flexibility index (Phi) is 5.22. The van der Waals surface area contributed by atoms with Gasteiger partial charge in [-0.3, -0.25) is 4.79 Å². The molecule has 22 heavy (non-hydrogen) atoms. The lowest BCUT2D eigenvalue weighted by Gasteiger charge is -2.18. The highest BCUT2D eigenvalue weighted by molar-refractivity contribution is 5.94. The van der Waals surface area contributed by atoms with E-state index >= 15 is 0 Å². The number of rotatable bonds is 5. The second kappa shape index (κ2) is 7.13. The summed E-state index contributed by atoms with van der Waals surface area (Å²) in [5, 5.41) is 12.6. The van der Waals surface area contributed by atoms with Crippen LogP contribution in [0, 0.1) is 11.6 Å². The Morgan fingerprint density at radius 3 is 2.50 bits per heavy atom. The fourth-order valence-electron chi connectivity index (χ4n) is 2.19. The number of amides is 1. The molecule has 0 aliphatic rings. The van der Waals surface area contributed by atoms with Gasteiger partial charge < -0.3 is 10.4 Å². The van der Waals surface area contributed by atoms with E-state index in [9.17, 15) is 18.7 Å². The van der Waals surface area contributed by atoms with Crippen molar-refractivity contribution in [2.24, 2.45) is 0 Å². The third kappa shape index (κ3) is 3.89. The van der Waals surface area contributed by atoms with Gasteiger partial charge in [0.2, 0.25) is 0 Å². The molecule has 0 bridgehead atoms. The predicted octanol–water partition coefficient (Wildman–Crippen LogP) is 3.21. The van der Waals surface area contributed by atoms with Gasteiger partial charge in [0.05, 0.1) is 11.7 Å². The van der Waals surface area contributed by atoms with Crippen LogP contribution in [0.4, 0.5) is 8.78 Å². The van der Waals surface area contributed by atoms with E-state index in [-0.39, 0.29) is 12.0 Å². The fraction of sp³-hybridized carbons (Fsp3) is 0.235. The summed E-state index contributed by atoms with van der Waals surface area (Å²) in [4.78, 5) is 11.9. The van der Waals surface area contributed by atoms with Crippen LogP contribution in [0.1, 0.15) is 35.4 Å². The van der Waals surface area contributed by atoms with Crippen LogP contribution < -0.4 is 5.32 Å². The molecule has 116 valence electrons. The molecule has 0 aliphatic heterocycles. The standard InChI is InChI=1S/C17H17F2NO2/c1-11(10-15(21)12-6-3-2-4-7-12)20-17(22)13-8-5-9-14(18)16(13)19/h2-9,11,15,21H,10H2,1H3,(H,20,22)/t11-,15-/m1/s1. The maximum atomic E-state index is 13.5. The van der Waals surface area contributed by atoms with Crippen LogP contribution >= 0.6 is 0 Å². The second-order valence-electron chi connectivity index (χ2n) is 5.14. The van der Waals surface area contributed by atoms with Crippen molar-refractivity contribution in [1.29, 1.82) is 0 Å². The SMILES string of the molecule is C[C@H](C[C@@H](O)c1ccccc1)NC(=O)c1cccc(F)c1F. The number of nitrogens with one attached hydrogen (secondary N) is 1. The van der Waals surface area contributed by atoms with Gasteiger partial charge in [-0.1, -0.05) is 36.4 Å². The Balaban J connectivity index is 1.98. The number of aliphatic hydroxyl groups is 1. The maximum absolute atomic E-state index is 13.5. The lowest BCUT2D eigenvalue weighted by molar-refractivity contribution is 0.0912. The lowest BCUT2D eigenvalue weighted by Crippen LogP contribution is -2.34. The van der Waals surface area contributed by atoms with Crippen LogP contribution in [0.5, 0.6) is 0 Å². The minimum absolute atomic E-state index is 0.271. The van der Waals surface area contributed by atoms with E-state index in [1.807, 2.05) is 18.2 Å². The van der Waals surface area contributed by atoms with Crippen molar-refractivity contribution in [3.63, 3.8) is 0 Å². The molecule has 0 spiro atoms. The van der Waals surface area contributed by atoms with E-state index < -0.39 is 29.7 Å². The minimum Gasteiger partial charge on any atom is -0.388 e. The molecule has 2 aromatic carbocycles. The predicted molar refractivity (Wildman–Crippen MR) is 79.3 cm³/mol. The number of halogens is 2. The second-order valence-corrected chi connectivity index (χ2v) is 5.14. The van der Waals surface area contributed by atoms with E-state index in [4.69, 9.17) is 0 Å². The Hall–Kier alpha value is -2.27. The van der Waals surface area contributed by atoms with Crippen LogP contribution in [-0.2, 0) is 0 Å². The van der Waals surface area contributed by atoms with E-state index in [0.717, 1.165) is 11.6 Å². The molecule has 0 fully saturated rings. The van der Waals surface area contributed by atoms with Crippen molar-refractivity contribution < 1.29 is 18.7 Å². The maximum Gasteiger partial charge on any atom is 0.254 e. The summed E-state index contributed by atoms with van der Waals surface area (Å²) in [7, 11) is 0. The molecule has 2 N–H and O–H groups in total. The highest BCUT2D eigenvalue weighted by Crippen LogP contribution is 2.18. The average Bonchev–Trinajstić information content (AvgIpc) is 2.50. The van der Waals surface area contributed by atoms with Crippen molar-refractivity contribution in [3.8, 4) is 0 Å². The van der Waals surface area contributed by atoms with Crippen molar-refractivity contribution in [3.05, 3.63) is 71.3 Å². The third-order valence-corrected chi connectivity index (χ3v) is 3.33. The third-order valence-electron chi connectivity index (χ3n) is 3.33. The molecule has 0 aliphatic carbocycles. The number of hydrogen-bond acceptors (Lipinski definition) is 2. The molecular formula is C17H17F2NO2. The topological polar surface area (TPSA) is 49.3 Å². The van der Waals surface area contributed by atoms with E-state index in [2.05, 4.69) is 5.32 Å². The normalized spacial score (nSPS) is 13.5. The van der Waals surface area contributed by atoms with Gasteiger partial charge in [-0.05, 0) is 31.0 Å². The molecule has 5 heteroatoms. The van der Waals surface area contributed by atoms with Crippen LogP contribution in [0.3, 0.4) is 0 Å². The number of aliphatic hydroxyl groups excluding tert-OH is 1. The molecule has 3 nitrogen and oxygen atoms in total. The molecule has 2 aromatic rings. The summed E-state index contributed by atoms with van der Waals surface area (Å²) in [6.07, 6.45) is -0.471. The monoisotopic (exact) mass is 305 g/mol. The van der Waals surface area contributed by atoms with Crippen LogP contribution in [0.2, 0.25) is 0 Å². The molecule has 0 unspecified atom stereocenters. The molecule has 0 aromatic heterocycles. The molecule has 0 saturated carbocycles. The Bertz CT molecular complexity index is 646. The van der Waals surface area contributed by atoms with Crippen LogP contribution in [0.25, 0.3) is 0 Å². The number of carbonyl (C=O) groups is 1. The van der Waals surface area contributed by atoms with E-state index in [0.29, 0.717) is 0 Å². The van der Waals surface area contributed by atoms with Crippen LogP contribution in [0.15, 0.2) is 48.5 Å². The largest absolute Gasteiger partial charge is 0.388 e. The highest BCUT2D eigenvalue weighted by atomic mass is 19.2. The smallest absolute Gasteiger partial charge is 0.254 e. The molecule has 0 saturated heterocycles. The number of carbonyl (C=O) groups excluding carboxylic acids is 1. The Morgan fingerprint density at radius 2 is 1.82 bits per heavy atom. The quantitative estimate of drug-likeness (QED) is 0.891. The van der Waals surface area contributed by atoms with Gasteiger partial charge in [0.15, 0.2) is 11.6 Å². The molecule has 2 rings (SSSR count). The summed E-state index contributed by atoms with van der Waals surface area (Å²) >= 11 is 0. The number of hydrogen-bond donors (Lipinski definition) is 2. The lowest BCUT2D eigenvalue weighted by atomic mass is 10.0. The van der Waals surface area contributed by atoms with Crippen molar-refractivity contribution in [2.45, 2.75) is 25.5 Å². The zero-order chi connectivity index (χ0) is 16.1. The van der Waals surface area contributed by atoms with E-state index in [1.165, 1.54) is 12.1 Å². The first-order chi connectivity index (χ1) is 10.5. The molecule has 2 atom stereocenters.